The molecular formula is C12H16F4N2. The van der Waals surface area contributed by atoms with Crippen LogP contribution in [0.1, 0.15) is 18.0 Å². The Hall–Kier alpha value is -1.14. The number of nitrogens with zero attached hydrogens (tertiary/aromatic N) is 1. The SMILES string of the molecule is CN(CCC(N)c1cccc(F)c1F)CC(F)F. The summed E-state index contributed by atoms with van der Waals surface area (Å²) in [6.07, 6.45) is -2.14. The molecule has 102 valence electrons. The van der Waals surface area contributed by atoms with Crippen molar-refractivity contribution in [1.29, 1.82) is 0 Å². The largest absolute Gasteiger partial charge is 0.324 e. The van der Waals surface area contributed by atoms with Gasteiger partial charge in [-0.25, -0.2) is 17.6 Å². The van der Waals surface area contributed by atoms with E-state index in [4.69, 9.17) is 5.73 Å². The van der Waals surface area contributed by atoms with E-state index in [0.717, 1.165) is 6.07 Å². The molecule has 0 aliphatic carbocycles. The Balaban J connectivity index is 2.55. The Labute approximate surface area is 103 Å². The Morgan fingerprint density at radius 3 is 2.56 bits per heavy atom. The fourth-order valence-electron chi connectivity index (χ4n) is 1.65. The van der Waals surface area contributed by atoms with Crippen molar-refractivity contribution in [2.45, 2.75) is 18.9 Å². The summed E-state index contributed by atoms with van der Waals surface area (Å²) in [6, 6.07) is 3.07. The average molecular weight is 264 g/mol. The standard InChI is InChI=1S/C12H16F4N2/c1-18(7-11(14)15)6-5-10(17)8-3-2-4-9(13)12(8)16/h2-4,10-11H,5-7,17H2,1H3. The first-order valence-corrected chi connectivity index (χ1v) is 5.58. The van der Waals surface area contributed by atoms with Gasteiger partial charge in [-0.1, -0.05) is 12.1 Å². The fraction of sp³-hybridized carbons (Fsp3) is 0.500. The van der Waals surface area contributed by atoms with E-state index >= 15 is 0 Å². The van der Waals surface area contributed by atoms with E-state index in [1.54, 1.807) is 0 Å². The number of hydrogen-bond donors (Lipinski definition) is 1. The lowest BCUT2D eigenvalue weighted by molar-refractivity contribution is 0.0989. The van der Waals surface area contributed by atoms with Gasteiger partial charge in [-0.15, -0.1) is 0 Å². The van der Waals surface area contributed by atoms with Crippen LogP contribution in [0.25, 0.3) is 0 Å². The van der Waals surface area contributed by atoms with Crippen molar-refractivity contribution < 1.29 is 17.6 Å². The zero-order chi connectivity index (χ0) is 13.7. The molecule has 0 heterocycles. The topological polar surface area (TPSA) is 29.3 Å². The van der Waals surface area contributed by atoms with E-state index in [-0.39, 0.29) is 18.5 Å². The van der Waals surface area contributed by atoms with Crippen molar-refractivity contribution in [3.05, 3.63) is 35.4 Å². The van der Waals surface area contributed by atoms with Crippen molar-refractivity contribution >= 4 is 0 Å². The molecule has 1 rings (SSSR count). The summed E-state index contributed by atoms with van der Waals surface area (Å²) in [6.45, 7) is -0.0696. The molecule has 0 saturated carbocycles. The van der Waals surface area contributed by atoms with E-state index in [2.05, 4.69) is 0 Å². The second kappa shape index (κ2) is 6.70. The zero-order valence-electron chi connectivity index (χ0n) is 10.0. The summed E-state index contributed by atoms with van der Waals surface area (Å²) in [5.41, 5.74) is 5.79. The highest BCUT2D eigenvalue weighted by Crippen LogP contribution is 2.20. The fourth-order valence-corrected chi connectivity index (χ4v) is 1.65. The predicted molar refractivity (Wildman–Crippen MR) is 61.4 cm³/mol. The smallest absolute Gasteiger partial charge is 0.251 e. The summed E-state index contributed by atoms with van der Waals surface area (Å²) in [7, 11) is 1.53. The molecule has 0 radical (unpaired) electrons. The van der Waals surface area contributed by atoms with Gasteiger partial charge in [0.05, 0.1) is 6.54 Å². The van der Waals surface area contributed by atoms with Gasteiger partial charge in [-0.3, -0.25) is 0 Å². The summed E-state index contributed by atoms with van der Waals surface area (Å²) in [4.78, 5) is 1.40. The van der Waals surface area contributed by atoms with Crippen LogP contribution in [-0.2, 0) is 0 Å². The number of halogens is 4. The van der Waals surface area contributed by atoms with Gasteiger partial charge in [0, 0.05) is 11.6 Å². The molecule has 6 heteroatoms. The van der Waals surface area contributed by atoms with Crippen LogP contribution in [0.4, 0.5) is 17.6 Å². The lowest BCUT2D eigenvalue weighted by Gasteiger charge is -2.19. The van der Waals surface area contributed by atoms with Crippen LogP contribution in [0.15, 0.2) is 18.2 Å². The second-order valence-corrected chi connectivity index (χ2v) is 4.19. The lowest BCUT2D eigenvalue weighted by Crippen LogP contribution is -2.28. The third-order valence-electron chi connectivity index (χ3n) is 2.65. The molecular weight excluding hydrogens is 248 g/mol. The monoisotopic (exact) mass is 264 g/mol. The minimum Gasteiger partial charge on any atom is -0.324 e. The van der Waals surface area contributed by atoms with Crippen LogP contribution < -0.4 is 5.73 Å². The molecule has 0 aliphatic heterocycles. The molecule has 1 aromatic rings. The van der Waals surface area contributed by atoms with Gasteiger partial charge in [-0.2, -0.15) is 0 Å². The van der Waals surface area contributed by atoms with E-state index in [1.165, 1.54) is 24.1 Å². The van der Waals surface area contributed by atoms with Gasteiger partial charge < -0.3 is 10.6 Å². The van der Waals surface area contributed by atoms with E-state index in [9.17, 15) is 17.6 Å². The Bertz CT molecular complexity index is 384. The highest BCUT2D eigenvalue weighted by atomic mass is 19.3. The quantitative estimate of drug-likeness (QED) is 0.800. The molecule has 0 aliphatic rings. The van der Waals surface area contributed by atoms with Crippen molar-refractivity contribution in [3.8, 4) is 0 Å². The average Bonchev–Trinajstić information content (AvgIpc) is 2.29. The van der Waals surface area contributed by atoms with Crippen LogP contribution in [0.2, 0.25) is 0 Å². The third kappa shape index (κ3) is 4.27. The summed E-state index contributed by atoms with van der Waals surface area (Å²) < 4.78 is 50.5. The van der Waals surface area contributed by atoms with Crippen LogP contribution in [0.5, 0.6) is 0 Å². The van der Waals surface area contributed by atoms with Crippen molar-refractivity contribution in [2.75, 3.05) is 20.1 Å². The summed E-state index contributed by atoms with van der Waals surface area (Å²) in [5, 5.41) is 0. The van der Waals surface area contributed by atoms with E-state index in [1.807, 2.05) is 0 Å². The second-order valence-electron chi connectivity index (χ2n) is 4.19. The molecule has 18 heavy (non-hydrogen) atoms. The first-order chi connectivity index (χ1) is 8.41. The molecule has 1 atom stereocenters. The molecule has 0 amide bonds. The molecule has 0 spiro atoms. The highest BCUT2D eigenvalue weighted by Gasteiger charge is 2.16. The van der Waals surface area contributed by atoms with Crippen molar-refractivity contribution in [2.24, 2.45) is 5.73 Å². The molecule has 2 nitrogen and oxygen atoms in total. The van der Waals surface area contributed by atoms with Gasteiger partial charge in [0.25, 0.3) is 6.43 Å². The Kier molecular flexibility index (Phi) is 5.55. The molecule has 0 saturated heterocycles. The molecule has 0 bridgehead atoms. The van der Waals surface area contributed by atoms with Crippen LogP contribution >= 0.6 is 0 Å². The Morgan fingerprint density at radius 2 is 1.94 bits per heavy atom. The normalized spacial score (nSPS) is 13.3. The van der Waals surface area contributed by atoms with Gasteiger partial charge in [0.15, 0.2) is 11.6 Å². The first kappa shape index (κ1) is 14.9. The highest BCUT2D eigenvalue weighted by molar-refractivity contribution is 5.22. The predicted octanol–water partition coefficient (Wildman–Crippen LogP) is 2.55. The Morgan fingerprint density at radius 1 is 1.28 bits per heavy atom. The molecule has 0 aromatic heterocycles. The minimum absolute atomic E-state index is 0.0699. The van der Waals surface area contributed by atoms with E-state index < -0.39 is 24.1 Å². The van der Waals surface area contributed by atoms with Crippen molar-refractivity contribution in [3.63, 3.8) is 0 Å². The zero-order valence-corrected chi connectivity index (χ0v) is 10.0. The number of hydrogen-bond acceptors (Lipinski definition) is 2. The lowest BCUT2D eigenvalue weighted by atomic mass is 10.0. The maximum absolute atomic E-state index is 13.4. The molecule has 2 N–H and O–H groups in total. The van der Waals surface area contributed by atoms with Crippen molar-refractivity contribution in [1.82, 2.24) is 4.90 Å². The van der Waals surface area contributed by atoms with Gasteiger partial charge in [0.2, 0.25) is 0 Å². The molecule has 0 fully saturated rings. The summed E-state index contributed by atoms with van der Waals surface area (Å²) in [5.74, 6) is -1.93. The number of benzene rings is 1. The van der Waals surface area contributed by atoms with E-state index in [0.29, 0.717) is 6.54 Å². The number of nitrogens with two attached hydrogens (primary N) is 1. The maximum Gasteiger partial charge on any atom is 0.251 e. The first-order valence-electron chi connectivity index (χ1n) is 5.58. The maximum atomic E-state index is 13.4. The number of rotatable bonds is 6. The van der Waals surface area contributed by atoms with Crippen LogP contribution in [0.3, 0.4) is 0 Å². The summed E-state index contributed by atoms with van der Waals surface area (Å²) >= 11 is 0. The molecule has 1 unspecified atom stereocenters. The van der Waals surface area contributed by atoms with Crippen LogP contribution in [-0.4, -0.2) is 31.5 Å². The van der Waals surface area contributed by atoms with Crippen LogP contribution in [0, 0.1) is 11.6 Å². The minimum atomic E-state index is -2.42. The van der Waals surface area contributed by atoms with Gasteiger partial charge in [-0.05, 0) is 26.1 Å². The number of alkyl halides is 2. The van der Waals surface area contributed by atoms with Gasteiger partial charge in [0.1, 0.15) is 0 Å². The third-order valence-corrected chi connectivity index (χ3v) is 2.65. The molecule has 1 aromatic carbocycles. The van der Waals surface area contributed by atoms with Gasteiger partial charge >= 0.3 is 0 Å².